The second-order valence-corrected chi connectivity index (χ2v) is 11.2. The van der Waals surface area contributed by atoms with E-state index in [1.54, 1.807) is 37.4 Å². The Balaban J connectivity index is 1.50. The highest BCUT2D eigenvalue weighted by Crippen LogP contribution is 2.65. The second-order valence-electron chi connectivity index (χ2n) is 8.56. The maximum atomic E-state index is 13.6. The number of nitrogens with zero attached hydrogens (tertiary/aromatic N) is 1. The Bertz CT molecular complexity index is 1290. The number of fused-ring (bicyclic) bond motifs is 1. The zero-order chi connectivity index (χ0) is 24.7. The molecule has 4 rings (SSSR count). The van der Waals surface area contributed by atoms with Crippen LogP contribution in [0.3, 0.4) is 0 Å². The molecule has 2 N–H and O–H groups in total. The number of ether oxygens (including phenoxy) is 1. The average molecular weight is 554 g/mol. The lowest BCUT2D eigenvalue weighted by Gasteiger charge is -2.24. The van der Waals surface area contributed by atoms with Gasteiger partial charge in [0.15, 0.2) is 0 Å². The lowest BCUT2D eigenvalue weighted by molar-refractivity contribution is -0.142. The molecule has 5 atom stereocenters. The number of carbonyl (C=O) groups is 1. The lowest BCUT2D eigenvalue weighted by atomic mass is 10.1. The quantitative estimate of drug-likeness (QED) is 0.275. The number of methoxy groups -OCH3 is 1. The molecule has 10 nitrogen and oxygen atoms in total. The van der Waals surface area contributed by atoms with E-state index < -0.39 is 36.4 Å². The number of benzene rings is 1. The molecule has 0 amide bonds. The number of esters is 1. The number of halogens is 1. The molecule has 0 aliphatic heterocycles. The first-order valence-corrected chi connectivity index (χ1v) is 13.0. The minimum atomic E-state index is -3.98. The van der Waals surface area contributed by atoms with E-state index in [9.17, 15) is 18.9 Å². The van der Waals surface area contributed by atoms with Gasteiger partial charge in [-0.1, -0.05) is 28.1 Å². The number of aromatic nitrogens is 2. The summed E-state index contributed by atoms with van der Waals surface area (Å²) >= 11 is 3.34. The SMILES string of the molecule is COC(=O)[C@H](C)NP(=O)(OC[C@]12C=C[C@H](n3cc(C)c(=O)[nH]c3=O)[C@H]1C2)Oc1ccc(Br)cc1. The number of nitrogens with one attached hydrogen (secondary N) is 2. The van der Waals surface area contributed by atoms with Gasteiger partial charge in [-0.2, -0.15) is 5.09 Å². The minimum absolute atomic E-state index is 0.0367. The van der Waals surface area contributed by atoms with Crippen molar-refractivity contribution in [1.82, 2.24) is 14.6 Å². The molecule has 0 bridgehead atoms. The summed E-state index contributed by atoms with van der Waals surface area (Å²) in [6.45, 7) is 3.19. The van der Waals surface area contributed by atoms with Crippen molar-refractivity contribution < 1.29 is 23.1 Å². The molecule has 34 heavy (non-hydrogen) atoms. The van der Waals surface area contributed by atoms with Gasteiger partial charge in [0, 0.05) is 21.6 Å². The number of aryl methyl sites for hydroxylation is 1. The first-order chi connectivity index (χ1) is 16.1. The maximum absolute atomic E-state index is 13.6. The van der Waals surface area contributed by atoms with Gasteiger partial charge < -0.3 is 9.26 Å². The molecular formula is C22H25BrN3O7P. The highest BCUT2D eigenvalue weighted by molar-refractivity contribution is 9.10. The zero-order valence-corrected chi connectivity index (χ0v) is 21.3. The number of aromatic amines is 1. The van der Waals surface area contributed by atoms with E-state index >= 15 is 0 Å². The fourth-order valence-corrected chi connectivity index (χ4v) is 5.97. The van der Waals surface area contributed by atoms with Crippen LogP contribution in [0.1, 0.15) is 24.9 Å². The monoisotopic (exact) mass is 553 g/mol. The van der Waals surface area contributed by atoms with Crippen LogP contribution in [0.25, 0.3) is 0 Å². The van der Waals surface area contributed by atoms with Crippen molar-refractivity contribution in [3.63, 3.8) is 0 Å². The molecule has 2 aliphatic carbocycles. The van der Waals surface area contributed by atoms with E-state index in [0.717, 1.165) is 4.47 Å². The summed E-state index contributed by atoms with van der Waals surface area (Å²) in [4.78, 5) is 38.3. The van der Waals surface area contributed by atoms with Crippen molar-refractivity contribution in [2.24, 2.45) is 11.3 Å². The number of hydrogen-bond acceptors (Lipinski definition) is 7. The molecule has 0 spiro atoms. The van der Waals surface area contributed by atoms with Crippen LogP contribution in [0.15, 0.2) is 56.7 Å². The summed E-state index contributed by atoms with van der Waals surface area (Å²) < 4.78 is 32.1. The Hall–Kier alpha value is -2.46. The molecule has 0 saturated heterocycles. The van der Waals surface area contributed by atoms with Gasteiger partial charge in [-0.05, 0) is 50.5 Å². The number of carbonyl (C=O) groups excluding carboxylic acids is 1. The van der Waals surface area contributed by atoms with E-state index in [2.05, 4.69) is 26.0 Å². The summed E-state index contributed by atoms with van der Waals surface area (Å²) in [5.74, 6) is -0.273. The predicted molar refractivity (Wildman–Crippen MR) is 128 cm³/mol. The molecule has 12 heteroatoms. The number of rotatable bonds is 9. The van der Waals surface area contributed by atoms with E-state index in [-0.39, 0.29) is 18.6 Å². The Morgan fingerprint density at radius 3 is 2.71 bits per heavy atom. The molecule has 2 aliphatic rings. The van der Waals surface area contributed by atoms with Crippen LogP contribution in [0, 0.1) is 18.3 Å². The Morgan fingerprint density at radius 1 is 1.35 bits per heavy atom. The number of hydrogen-bond donors (Lipinski definition) is 2. The zero-order valence-electron chi connectivity index (χ0n) is 18.8. The standard InChI is InChI=1S/C22H25BrN3O7P/c1-13-11-26(21(29)24-19(13)27)18-8-9-22(10-17(18)22)12-32-34(30,25-14(2)20(28)31-3)33-16-6-4-15(23)5-7-16/h4-9,11,14,17-18H,10,12H2,1-3H3,(H,25,30)(H,24,27,29)/t14-,17+,18-,22+,34?/m0/s1. The molecule has 1 aromatic heterocycles. The van der Waals surface area contributed by atoms with E-state index in [4.69, 9.17) is 13.8 Å². The summed E-state index contributed by atoms with van der Waals surface area (Å²) in [5.41, 5.74) is -0.879. The second kappa shape index (κ2) is 9.30. The van der Waals surface area contributed by atoms with Crippen molar-refractivity contribution in [2.75, 3.05) is 13.7 Å². The molecule has 1 heterocycles. The highest BCUT2D eigenvalue weighted by atomic mass is 79.9. The summed E-state index contributed by atoms with van der Waals surface area (Å²) in [5, 5.41) is 2.64. The number of allylic oxidation sites excluding steroid dienone is 1. The topological polar surface area (TPSA) is 129 Å². The Labute approximate surface area is 204 Å². The first-order valence-electron chi connectivity index (χ1n) is 10.6. The van der Waals surface area contributed by atoms with Crippen molar-refractivity contribution in [2.45, 2.75) is 32.4 Å². The largest absolute Gasteiger partial charge is 0.468 e. The van der Waals surface area contributed by atoms with Gasteiger partial charge in [0.05, 0.1) is 19.8 Å². The van der Waals surface area contributed by atoms with E-state index in [1.165, 1.54) is 18.6 Å². The third-order valence-electron chi connectivity index (χ3n) is 6.13. The molecule has 1 unspecified atom stereocenters. The third kappa shape index (κ3) is 4.98. The summed E-state index contributed by atoms with van der Waals surface area (Å²) in [7, 11) is -2.74. The minimum Gasteiger partial charge on any atom is -0.468 e. The fourth-order valence-electron chi connectivity index (χ4n) is 4.13. The van der Waals surface area contributed by atoms with E-state index in [0.29, 0.717) is 17.7 Å². The van der Waals surface area contributed by atoms with Gasteiger partial charge in [-0.25, -0.2) is 9.36 Å². The molecule has 1 aromatic carbocycles. The van der Waals surface area contributed by atoms with Crippen LogP contribution in [0.4, 0.5) is 0 Å². The number of H-pyrrole nitrogens is 1. The van der Waals surface area contributed by atoms with Gasteiger partial charge in [0.1, 0.15) is 11.8 Å². The Morgan fingerprint density at radius 2 is 2.06 bits per heavy atom. The van der Waals surface area contributed by atoms with Crippen LogP contribution >= 0.6 is 23.7 Å². The predicted octanol–water partition coefficient (Wildman–Crippen LogP) is 3.08. The molecule has 1 fully saturated rings. The van der Waals surface area contributed by atoms with Gasteiger partial charge in [0.2, 0.25) is 0 Å². The molecule has 2 aromatic rings. The van der Waals surface area contributed by atoms with Crippen molar-refractivity contribution in [3.8, 4) is 5.75 Å². The third-order valence-corrected chi connectivity index (χ3v) is 8.28. The van der Waals surface area contributed by atoms with E-state index in [1.807, 2.05) is 12.2 Å². The molecule has 182 valence electrons. The van der Waals surface area contributed by atoms with Crippen LogP contribution in [-0.4, -0.2) is 35.3 Å². The van der Waals surface area contributed by atoms with Crippen LogP contribution < -0.4 is 20.9 Å². The Kier molecular flexibility index (Phi) is 6.74. The van der Waals surface area contributed by atoms with Crippen molar-refractivity contribution in [3.05, 3.63) is 73.5 Å². The average Bonchev–Trinajstić information content (AvgIpc) is 3.41. The van der Waals surface area contributed by atoms with Crippen LogP contribution in [0.5, 0.6) is 5.75 Å². The smallest absolute Gasteiger partial charge is 0.459 e. The lowest BCUT2D eigenvalue weighted by Crippen LogP contribution is -2.35. The van der Waals surface area contributed by atoms with Gasteiger partial charge in [-0.3, -0.25) is 23.7 Å². The van der Waals surface area contributed by atoms with Gasteiger partial charge >= 0.3 is 19.4 Å². The molecule has 0 radical (unpaired) electrons. The van der Waals surface area contributed by atoms with Gasteiger partial charge in [0.25, 0.3) is 5.56 Å². The fraction of sp³-hybridized carbons (Fsp3) is 0.409. The first kappa shape index (κ1) is 24.7. The van der Waals surface area contributed by atoms with Crippen molar-refractivity contribution >= 4 is 29.6 Å². The highest BCUT2D eigenvalue weighted by Gasteiger charge is 2.60. The summed E-state index contributed by atoms with van der Waals surface area (Å²) in [6, 6.07) is 5.52. The van der Waals surface area contributed by atoms with Gasteiger partial charge in [-0.15, -0.1) is 0 Å². The van der Waals surface area contributed by atoms with Crippen LogP contribution in [-0.2, 0) is 18.6 Å². The van der Waals surface area contributed by atoms with Crippen molar-refractivity contribution in [1.29, 1.82) is 0 Å². The van der Waals surface area contributed by atoms with Crippen LogP contribution in [0.2, 0.25) is 0 Å². The molecular weight excluding hydrogens is 529 g/mol. The summed E-state index contributed by atoms with van der Waals surface area (Å²) in [6.07, 6.45) is 6.10. The maximum Gasteiger partial charge on any atom is 0.459 e. The normalized spacial score (nSPS) is 25.3. The molecule has 1 saturated carbocycles.